The van der Waals surface area contributed by atoms with Crippen LogP contribution in [0.5, 0.6) is 11.5 Å². The largest absolute Gasteiger partial charge is 0.490 e. The van der Waals surface area contributed by atoms with E-state index in [4.69, 9.17) is 9.47 Å². The standard InChI is InChI=1S/C20H21N3O3S/c1-12-4-7-19(27-12)15-11-16(23-22-15)20(24)21-13(2)14-5-6-17-18(10-14)26-9-3-8-25-17/h4-7,10-11,13H,3,8-9H2,1-2H3,(H,21,24)(H,22,23)/t13-/m0/s1. The van der Waals surface area contributed by atoms with Crippen molar-refractivity contribution in [3.05, 3.63) is 52.5 Å². The summed E-state index contributed by atoms with van der Waals surface area (Å²) in [6, 6.07) is 11.4. The topological polar surface area (TPSA) is 76.2 Å². The SMILES string of the molecule is Cc1ccc(-c2cc(C(=O)N[C@@H](C)c3ccc4c(c3)OCCCO4)n[nH]2)s1. The molecule has 0 bridgehead atoms. The number of aromatic amines is 1. The molecule has 140 valence electrons. The summed E-state index contributed by atoms with van der Waals surface area (Å²) in [4.78, 5) is 14.9. The number of aryl methyl sites for hydroxylation is 1. The molecule has 4 rings (SSSR count). The van der Waals surface area contributed by atoms with E-state index < -0.39 is 0 Å². The van der Waals surface area contributed by atoms with Gasteiger partial charge in [0.05, 0.1) is 29.8 Å². The first-order chi connectivity index (χ1) is 13.1. The van der Waals surface area contributed by atoms with Gasteiger partial charge in [-0.2, -0.15) is 5.10 Å². The Balaban J connectivity index is 1.46. The van der Waals surface area contributed by atoms with E-state index in [0.717, 1.165) is 34.1 Å². The molecule has 1 aliphatic rings. The van der Waals surface area contributed by atoms with Gasteiger partial charge in [0.2, 0.25) is 0 Å². The lowest BCUT2D eigenvalue weighted by Gasteiger charge is -2.15. The lowest BCUT2D eigenvalue weighted by atomic mass is 10.1. The van der Waals surface area contributed by atoms with Gasteiger partial charge in [-0.05, 0) is 49.7 Å². The number of rotatable bonds is 4. The van der Waals surface area contributed by atoms with E-state index in [1.807, 2.05) is 37.3 Å². The summed E-state index contributed by atoms with van der Waals surface area (Å²) in [5.41, 5.74) is 2.18. The Hall–Kier alpha value is -2.80. The number of fused-ring (bicyclic) bond motifs is 1. The van der Waals surface area contributed by atoms with Crippen molar-refractivity contribution in [3.63, 3.8) is 0 Å². The van der Waals surface area contributed by atoms with Crippen LogP contribution >= 0.6 is 11.3 Å². The van der Waals surface area contributed by atoms with Crippen LogP contribution in [0.1, 0.15) is 40.3 Å². The summed E-state index contributed by atoms with van der Waals surface area (Å²) in [5.74, 6) is 1.25. The number of ether oxygens (including phenoxy) is 2. The van der Waals surface area contributed by atoms with Crippen LogP contribution in [0.2, 0.25) is 0 Å². The fourth-order valence-corrected chi connectivity index (χ4v) is 3.78. The van der Waals surface area contributed by atoms with Crippen molar-refractivity contribution >= 4 is 17.2 Å². The van der Waals surface area contributed by atoms with Gasteiger partial charge in [-0.15, -0.1) is 11.3 Å². The zero-order valence-electron chi connectivity index (χ0n) is 15.2. The number of thiophene rings is 1. The van der Waals surface area contributed by atoms with Crippen LogP contribution in [0, 0.1) is 6.92 Å². The highest BCUT2D eigenvalue weighted by atomic mass is 32.1. The van der Waals surface area contributed by atoms with Gasteiger partial charge in [-0.1, -0.05) is 6.07 Å². The molecule has 0 spiro atoms. The van der Waals surface area contributed by atoms with Crippen molar-refractivity contribution in [1.82, 2.24) is 15.5 Å². The first-order valence-corrected chi connectivity index (χ1v) is 9.74. The third-order valence-corrected chi connectivity index (χ3v) is 5.47. The summed E-state index contributed by atoms with van der Waals surface area (Å²) in [5, 5.41) is 10.1. The minimum Gasteiger partial charge on any atom is -0.490 e. The van der Waals surface area contributed by atoms with E-state index in [9.17, 15) is 4.79 Å². The molecule has 1 amide bonds. The second-order valence-electron chi connectivity index (χ2n) is 6.53. The second-order valence-corrected chi connectivity index (χ2v) is 7.82. The molecule has 3 aromatic rings. The zero-order chi connectivity index (χ0) is 18.8. The predicted octanol–water partition coefficient (Wildman–Crippen LogP) is 4.10. The van der Waals surface area contributed by atoms with Crippen LogP contribution < -0.4 is 14.8 Å². The average molecular weight is 383 g/mol. The number of benzene rings is 1. The Morgan fingerprint density at radius 1 is 1.19 bits per heavy atom. The van der Waals surface area contributed by atoms with Crippen LogP contribution in [0.4, 0.5) is 0 Å². The van der Waals surface area contributed by atoms with Gasteiger partial charge >= 0.3 is 0 Å². The molecule has 0 radical (unpaired) electrons. The van der Waals surface area contributed by atoms with Gasteiger partial charge in [-0.3, -0.25) is 9.89 Å². The third kappa shape index (κ3) is 3.83. The van der Waals surface area contributed by atoms with E-state index >= 15 is 0 Å². The first-order valence-electron chi connectivity index (χ1n) is 8.93. The molecule has 6 nitrogen and oxygen atoms in total. The minimum atomic E-state index is -0.217. The van der Waals surface area contributed by atoms with Crippen LogP contribution in [-0.4, -0.2) is 29.3 Å². The average Bonchev–Trinajstić information content (AvgIpc) is 3.25. The molecule has 7 heteroatoms. The highest BCUT2D eigenvalue weighted by Gasteiger charge is 2.18. The maximum atomic E-state index is 12.6. The van der Waals surface area contributed by atoms with Crippen molar-refractivity contribution < 1.29 is 14.3 Å². The van der Waals surface area contributed by atoms with Gasteiger partial charge in [0, 0.05) is 11.3 Å². The summed E-state index contributed by atoms with van der Waals surface area (Å²) >= 11 is 1.66. The highest BCUT2D eigenvalue weighted by Crippen LogP contribution is 2.32. The Morgan fingerprint density at radius 2 is 2.00 bits per heavy atom. The Kier molecular flexibility index (Phi) is 4.85. The first kappa shape index (κ1) is 17.6. The quantitative estimate of drug-likeness (QED) is 0.711. The molecule has 27 heavy (non-hydrogen) atoms. The van der Waals surface area contributed by atoms with E-state index in [1.165, 1.54) is 4.88 Å². The van der Waals surface area contributed by atoms with Gasteiger partial charge in [0.15, 0.2) is 17.2 Å². The van der Waals surface area contributed by atoms with Crippen LogP contribution in [0.3, 0.4) is 0 Å². The van der Waals surface area contributed by atoms with E-state index in [1.54, 1.807) is 17.4 Å². The fraction of sp³-hybridized carbons (Fsp3) is 0.300. The van der Waals surface area contributed by atoms with Crippen molar-refractivity contribution in [1.29, 1.82) is 0 Å². The normalized spacial score (nSPS) is 14.4. The molecule has 0 saturated carbocycles. The van der Waals surface area contributed by atoms with E-state index in [2.05, 4.69) is 22.4 Å². The second kappa shape index (κ2) is 7.44. The highest BCUT2D eigenvalue weighted by molar-refractivity contribution is 7.15. The van der Waals surface area contributed by atoms with Gasteiger partial charge < -0.3 is 14.8 Å². The molecule has 1 aliphatic heterocycles. The van der Waals surface area contributed by atoms with Crippen molar-refractivity contribution in [2.24, 2.45) is 0 Å². The van der Waals surface area contributed by atoms with Crippen molar-refractivity contribution in [3.8, 4) is 22.1 Å². The number of hydrogen-bond acceptors (Lipinski definition) is 5. The summed E-state index contributed by atoms with van der Waals surface area (Å²) in [6.07, 6.45) is 0.863. The monoisotopic (exact) mass is 383 g/mol. The van der Waals surface area contributed by atoms with Gasteiger partial charge in [0.1, 0.15) is 0 Å². The zero-order valence-corrected chi connectivity index (χ0v) is 16.1. The number of nitrogens with one attached hydrogen (secondary N) is 2. The smallest absolute Gasteiger partial charge is 0.272 e. The number of amides is 1. The molecule has 2 N–H and O–H groups in total. The fourth-order valence-electron chi connectivity index (χ4n) is 2.95. The maximum Gasteiger partial charge on any atom is 0.272 e. The van der Waals surface area contributed by atoms with E-state index in [0.29, 0.717) is 18.9 Å². The number of carbonyl (C=O) groups excluding carboxylic acids is 1. The predicted molar refractivity (Wildman–Crippen MR) is 105 cm³/mol. The molecule has 0 aliphatic carbocycles. The summed E-state index contributed by atoms with van der Waals surface area (Å²) in [7, 11) is 0. The van der Waals surface area contributed by atoms with E-state index in [-0.39, 0.29) is 11.9 Å². The summed E-state index contributed by atoms with van der Waals surface area (Å²) < 4.78 is 11.4. The number of aromatic nitrogens is 2. The van der Waals surface area contributed by atoms with Gasteiger partial charge in [0.25, 0.3) is 5.91 Å². The van der Waals surface area contributed by atoms with Crippen LogP contribution in [-0.2, 0) is 0 Å². The molecular weight excluding hydrogens is 362 g/mol. The maximum absolute atomic E-state index is 12.6. The Bertz CT molecular complexity index is 963. The van der Waals surface area contributed by atoms with Crippen LogP contribution in [0.25, 0.3) is 10.6 Å². The van der Waals surface area contributed by atoms with Crippen molar-refractivity contribution in [2.45, 2.75) is 26.3 Å². The molecular formula is C20H21N3O3S. The molecule has 2 aromatic heterocycles. The summed E-state index contributed by atoms with van der Waals surface area (Å²) in [6.45, 7) is 5.28. The molecule has 1 aromatic carbocycles. The van der Waals surface area contributed by atoms with Gasteiger partial charge in [-0.25, -0.2) is 0 Å². The lowest BCUT2D eigenvalue weighted by molar-refractivity contribution is 0.0934. The molecule has 1 atom stereocenters. The molecule has 0 unspecified atom stereocenters. The molecule has 0 saturated heterocycles. The number of hydrogen-bond donors (Lipinski definition) is 2. The lowest BCUT2D eigenvalue weighted by Crippen LogP contribution is -2.27. The number of H-pyrrole nitrogens is 1. The minimum absolute atomic E-state index is 0.182. The molecule has 3 heterocycles. The third-order valence-electron chi connectivity index (χ3n) is 4.44. The Morgan fingerprint density at radius 3 is 2.78 bits per heavy atom. The number of carbonyl (C=O) groups is 1. The molecule has 0 fully saturated rings. The number of nitrogens with zero attached hydrogens (tertiary/aromatic N) is 1. The van der Waals surface area contributed by atoms with Crippen molar-refractivity contribution in [2.75, 3.05) is 13.2 Å². The Labute approximate surface area is 161 Å². The van der Waals surface area contributed by atoms with Crippen LogP contribution in [0.15, 0.2) is 36.4 Å².